The van der Waals surface area contributed by atoms with Crippen molar-refractivity contribution in [3.8, 4) is 11.8 Å². The highest BCUT2D eigenvalue weighted by Gasteiger charge is 2.14. The van der Waals surface area contributed by atoms with Crippen molar-refractivity contribution < 1.29 is 14.3 Å². The molecule has 6 nitrogen and oxygen atoms in total. The monoisotopic (exact) mass is 523 g/mol. The number of hydrogen-bond donors (Lipinski definition) is 2. The summed E-state index contributed by atoms with van der Waals surface area (Å²) in [4.78, 5) is 24.9. The van der Waals surface area contributed by atoms with E-state index < -0.39 is 5.91 Å². The van der Waals surface area contributed by atoms with E-state index in [2.05, 4.69) is 26.6 Å². The summed E-state index contributed by atoms with van der Waals surface area (Å²) in [6, 6.07) is 21.1. The summed E-state index contributed by atoms with van der Waals surface area (Å²) in [6.07, 6.45) is 1.39. The van der Waals surface area contributed by atoms with Gasteiger partial charge in [0.2, 0.25) is 0 Å². The lowest BCUT2D eigenvalue weighted by Crippen LogP contribution is -2.20. The fourth-order valence-corrected chi connectivity index (χ4v) is 3.36. The molecule has 0 saturated carbocycles. The second-order valence-corrected chi connectivity index (χ2v) is 8.31. The number of benzene rings is 3. The summed E-state index contributed by atoms with van der Waals surface area (Å²) in [5.74, 6) is -0.613. The van der Waals surface area contributed by atoms with Gasteiger partial charge in [-0.3, -0.25) is 9.59 Å². The number of halogens is 2. The number of hydrogen-bond acceptors (Lipinski definition) is 4. The van der Waals surface area contributed by atoms with E-state index in [9.17, 15) is 14.9 Å². The number of carbonyl (C=O) groups is 2. The molecule has 0 spiro atoms. The van der Waals surface area contributed by atoms with Gasteiger partial charge in [-0.2, -0.15) is 5.26 Å². The third-order valence-electron chi connectivity index (χ3n) is 4.45. The van der Waals surface area contributed by atoms with Crippen molar-refractivity contribution in [3.05, 3.63) is 92.9 Å². The fourth-order valence-electron chi connectivity index (χ4n) is 2.80. The van der Waals surface area contributed by atoms with Gasteiger partial charge in [-0.1, -0.05) is 57.4 Å². The van der Waals surface area contributed by atoms with Gasteiger partial charge in [0.1, 0.15) is 17.4 Å². The minimum absolute atomic E-state index is 0.151. The Morgan fingerprint density at radius 1 is 1.09 bits per heavy atom. The molecule has 0 aromatic heterocycles. The predicted octanol–water partition coefficient (Wildman–Crippen LogP) is 5.97. The molecule has 0 fully saturated rings. The van der Waals surface area contributed by atoms with Crippen LogP contribution in [0.5, 0.6) is 5.75 Å². The Labute approximate surface area is 205 Å². The topological polar surface area (TPSA) is 91.2 Å². The number of aryl methyl sites for hydroxylation is 1. The van der Waals surface area contributed by atoms with Crippen LogP contribution in [0.3, 0.4) is 0 Å². The van der Waals surface area contributed by atoms with E-state index in [1.807, 2.05) is 25.1 Å². The molecular weight excluding hydrogens is 506 g/mol. The normalized spacial score (nSPS) is 10.8. The first-order chi connectivity index (χ1) is 15.9. The number of nitrogens with one attached hydrogen (secondary N) is 2. The Bertz CT molecular complexity index is 1250. The van der Waals surface area contributed by atoms with Gasteiger partial charge in [0.25, 0.3) is 11.8 Å². The largest absolute Gasteiger partial charge is 0.483 e. The minimum Gasteiger partial charge on any atom is -0.483 e. The van der Waals surface area contributed by atoms with Gasteiger partial charge in [0.05, 0.1) is 10.7 Å². The summed E-state index contributed by atoms with van der Waals surface area (Å²) >= 11 is 9.45. The Hall–Kier alpha value is -3.60. The number of para-hydroxylation sites is 1. The highest BCUT2D eigenvalue weighted by atomic mass is 79.9. The number of anilines is 2. The molecular formula is C25H19BrClN3O3. The third kappa shape index (κ3) is 6.94. The molecule has 3 rings (SSSR count). The lowest BCUT2D eigenvalue weighted by atomic mass is 10.1. The molecule has 0 saturated heterocycles. The zero-order valence-electron chi connectivity index (χ0n) is 17.6. The predicted molar refractivity (Wildman–Crippen MR) is 133 cm³/mol. The number of amides is 2. The molecule has 0 bridgehead atoms. The second kappa shape index (κ2) is 11.3. The van der Waals surface area contributed by atoms with Gasteiger partial charge in [-0.05, 0) is 55.5 Å². The van der Waals surface area contributed by atoms with Crippen LogP contribution in [0.2, 0.25) is 5.02 Å². The molecule has 0 aliphatic carbocycles. The summed E-state index contributed by atoms with van der Waals surface area (Å²) in [7, 11) is 0. The molecule has 0 unspecified atom stereocenters. The van der Waals surface area contributed by atoms with Crippen LogP contribution < -0.4 is 15.4 Å². The van der Waals surface area contributed by atoms with Gasteiger partial charge in [-0.15, -0.1) is 0 Å². The molecule has 0 atom stereocenters. The molecule has 2 amide bonds. The summed E-state index contributed by atoms with van der Waals surface area (Å²) in [6.45, 7) is 1.71. The van der Waals surface area contributed by atoms with E-state index in [0.717, 1.165) is 5.56 Å². The molecule has 33 heavy (non-hydrogen) atoms. The zero-order chi connectivity index (χ0) is 23.8. The molecule has 0 radical (unpaired) electrons. The van der Waals surface area contributed by atoms with Crippen molar-refractivity contribution in [3.63, 3.8) is 0 Å². The van der Waals surface area contributed by atoms with Gasteiger partial charge in [0, 0.05) is 15.7 Å². The highest BCUT2D eigenvalue weighted by molar-refractivity contribution is 9.10. The van der Waals surface area contributed by atoms with E-state index in [1.54, 1.807) is 54.6 Å². The number of nitriles is 1. The fraction of sp³-hybridized carbons (Fsp3) is 0.0800. The quantitative estimate of drug-likeness (QED) is 0.294. The van der Waals surface area contributed by atoms with Crippen LogP contribution >= 0.6 is 27.5 Å². The standard InChI is InChI=1S/C25H19BrClN3O3/c1-16-6-9-20(10-7-16)29-24(31)15-33-23-11-8-19(26)13-17(23)12-18(14-28)25(32)30-22-5-3-2-4-21(22)27/h2-13H,15H2,1H3,(H,29,31)(H,30,32)/b18-12+. The van der Waals surface area contributed by atoms with E-state index in [1.165, 1.54) is 6.08 Å². The number of rotatable bonds is 7. The Morgan fingerprint density at radius 3 is 2.52 bits per heavy atom. The van der Waals surface area contributed by atoms with Crippen molar-refractivity contribution >= 4 is 56.8 Å². The van der Waals surface area contributed by atoms with Crippen LogP contribution in [-0.4, -0.2) is 18.4 Å². The van der Waals surface area contributed by atoms with Crippen molar-refractivity contribution in [2.45, 2.75) is 6.92 Å². The van der Waals surface area contributed by atoms with E-state index in [0.29, 0.717) is 32.2 Å². The maximum atomic E-state index is 12.6. The van der Waals surface area contributed by atoms with E-state index >= 15 is 0 Å². The van der Waals surface area contributed by atoms with Gasteiger partial charge in [-0.25, -0.2) is 0 Å². The lowest BCUT2D eigenvalue weighted by Gasteiger charge is -2.11. The van der Waals surface area contributed by atoms with Crippen LogP contribution in [0.15, 0.2) is 76.8 Å². The molecule has 166 valence electrons. The van der Waals surface area contributed by atoms with Crippen molar-refractivity contribution in [2.24, 2.45) is 0 Å². The van der Waals surface area contributed by atoms with Crippen LogP contribution in [0.1, 0.15) is 11.1 Å². The van der Waals surface area contributed by atoms with Gasteiger partial charge >= 0.3 is 0 Å². The number of carbonyl (C=O) groups excluding carboxylic acids is 2. The molecule has 0 aliphatic rings. The first-order valence-corrected chi connectivity index (χ1v) is 11.0. The van der Waals surface area contributed by atoms with Crippen molar-refractivity contribution in [1.82, 2.24) is 0 Å². The average Bonchev–Trinajstić information content (AvgIpc) is 2.79. The Kier molecular flexibility index (Phi) is 8.25. The molecule has 0 heterocycles. The highest BCUT2D eigenvalue weighted by Crippen LogP contribution is 2.27. The summed E-state index contributed by atoms with van der Waals surface area (Å²) < 4.78 is 6.39. The van der Waals surface area contributed by atoms with E-state index in [-0.39, 0.29) is 18.1 Å². The second-order valence-electron chi connectivity index (χ2n) is 6.99. The average molecular weight is 525 g/mol. The van der Waals surface area contributed by atoms with E-state index in [4.69, 9.17) is 16.3 Å². The molecule has 3 aromatic carbocycles. The zero-order valence-corrected chi connectivity index (χ0v) is 19.9. The van der Waals surface area contributed by atoms with Crippen LogP contribution in [0, 0.1) is 18.3 Å². The van der Waals surface area contributed by atoms with Crippen molar-refractivity contribution in [2.75, 3.05) is 17.2 Å². The first kappa shape index (κ1) is 24.1. The SMILES string of the molecule is Cc1ccc(NC(=O)COc2ccc(Br)cc2/C=C(\C#N)C(=O)Nc2ccccc2Cl)cc1. The first-order valence-electron chi connectivity index (χ1n) is 9.82. The molecule has 0 aliphatic heterocycles. The Morgan fingerprint density at radius 2 is 1.82 bits per heavy atom. The van der Waals surface area contributed by atoms with Gasteiger partial charge < -0.3 is 15.4 Å². The van der Waals surface area contributed by atoms with Crippen LogP contribution in [0.4, 0.5) is 11.4 Å². The Balaban J connectivity index is 1.75. The molecule has 2 N–H and O–H groups in total. The third-order valence-corrected chi connectivity index (χ3v) is 5.28. The molecule has 8 heteroatoms. The maximum Gasteiger partial charge on any atom is 0.266 e. The van der Waals surface area contributed by atoms with Gasteiger partial charge in [0.15, 0.2) is 6.61 Å². The smallest absolute Gasteiger partial charge is 0.266 e. The number of nitrogens with zero attached hydrogens (tertiary/aromatic N) is 1. The minimum atomic E-state index is -0.617. The molecule has 3 aromatic rings. The lowest BCUT2D eigenvalue weighted by molar-refractivity contribution is -0.118. The maximum absolute atomic E-state index is 12.6. The van der Waals surface area contributed by atoms with Crippen LogP contribution in [0.25, 0.3) is 6.08 Å². The van der Waals surface area contributed by atoms with Crippen LogP contribution in [-0.2, 0) is 9.59 Å². The summed E-state index contributed by atoms with van der Waals surface area (Å²) in [5.41, 5.74) is 2.44. The van der Waals surface area contributed by atoms with Crippen molar-refractivity contribution in [1.29, 1.82) is 5.26 Å². The number of ether oxygens (including phenoxy) is 1. The summed E-state index contributed by atoms with van der Waals surface area (Å²) in [5, 5.41) is 15.3.